The molecule has 2 rings (SSSR count). The van der Waals surface area contributed by atoms with Gasteiger partial charge in [0.2, 0.25) is 0 Å². The fourth-order valence-corrected chi connectivity index (χ4v) is 1.98. The maximum Gasteiger partial charge on any atom is 0.258 e. The molecule has 1 aromatic carbocycles. The lowest BCUT2D eigenvalue weighted by molar-refractivity contribution is 0.102. The second-order valence-corrected chi connectivity index (χ2v) is 4.70. The van der Waals surface area contributed by atoms with Gasteiger partial charge in [0.05, 0.1) is 5.56 Å². The Morgan fingerprint density at radius 1 is 1.25 bits per heavy atom. The van der Waals surface area contributed by atoms with E-state index in [1.165, 1.54) is 0 Å². The molecule has 0 aliphatic heterocycles. The van der Waals surface area contributed by atoms with E-state index in [0.717, 1.165) is 23.4 Å². The van der Waals surface area contributed by atoms with Crippen molar-refractivity contribution in [3.63, 3.8) is 0 Å². The zero-order chi connectivity index (χ0) is 14.5. The lowest BCUT2D eigenvalue weighted by Gasteiger charge is -2.12. The number of anilines is 2. The van der Waals surface area contributed by atoms with Gasteiger partial charge in [0, 0.05) is 18.4 Å². The molecule has 0 unspecified atom stereocenters. The standard InChI is InChI=1S/C16H19N3O/c1-4-17-14-8-7-11(2)10-13(14)16(20)19-15-12(3)6-5-9-18-15/h5-10,17H,4H2,1-3H3,(H,18,19,20). The summed E-state index contributed by atoms with van der Waals surface area (Å²) >= 11 is 0. The summed E-state index contributed by atoms with van der Waals surface area (Å²) in [6.45, 7) is 6.67. The topological polar surface area (TPSA) is 54.0 Å². The third-order valence-corrected chi connectivity index (χ3v) is 3.03. The van der Waals surface area contributed by atoms with Crippen LogP contribution >= 0.6 is 0 Å². The third-order valence-electron chi connectivity index (χ3n) is 3.03. The number of nitrogens with one attached hydrogen (secondary N) is 2. The molecule has 0 saturated heterocycles. The van der Waals surface area contributed by atoms with Crippen LogP contribution in [-0.4, -0.2) is 17.4 Å². The first kappa shape index (κ1) is 14.1. The summed E-state index contributed by atoms with van der Waals surface area (Å²) in [6, 6.07) is 9.57. The fraction of sp³-hybridized carbons (Fsp3) is 0.250. The molecule has 1 amide bonds. The van der Waals surface area contributed by atoms with Crippen molar-refractivity contribution < 1.29 is 4.79 Å². The van der Waals surface area contributed by atoms with Crippen LogP contribution in [0.5, 0.6) is 0 Å². The largest absolute Gasteiger partial charge is 0.385 e. The minimum absolute atomic E-state index is 0.147. The minimum Gasteiger partial charge on any atom is -0.385 e. The molecular formula is C16H19N3O. The van der Waals surface area contributed by atoms with Crippen molar-refractivity contribution in [3.05, 3.63) is 53.2 Å². The fourth-order valence-electron chi connectivity index (χ4n) is 1.98. The Hall–Kier alpha value is -2.36. The van der Waals surface area contributed by atoms with Crippen molar-refractivity contribution in [3.8, 4) is 0 Å². The van der Waals surface area contributed by atoms with Crippen molar-refractivity contribution in [1.82, 2.24) is 4.98 Å². The Bertz CT molecular complexity index is 623. The van der Waals surface area contributed by atoms with Crippen molar-refractivity contribution in [1.29, 1.82) is 0 Å². The molecule has 0 bridgehead atoms. The maximum absolute atomic E-state index is 12.4. The van der Waals surface area contributed by atoms with Gasteiger partial charge in [0.25, 0.3) is 5.91 Å². The van der Waals surface area contributed by atoms with Gasteiger partial charge in [0.1, 0.15) is 5.82 Å². The van der Waals surface area contributed by atoms with Crippen LogP contribution in [0, 0.1) is 13.8 Å². The quantitative estimate of drug-likeness (QED) is 0.894. The molecule has 20 heavy (non-hydrogen) atoms. The number of benzene rings is 1. The zero-order valence-corrected chi connectivity index (χ0v) is 12.0. The number of pyridine rings is 1. The molecule has 0 spiro atoms. The van der Waals surface area contributed by atoms with E-state index in [4.69, 9.17) is 0 Å². The van der Waals surface area contributed by atoms with Crippen molar-refractivity contribution in [2.24, 2.45) is 0 Å². The molecule has 4 nitrogen and oxygen atoms in total. The van der Waals surface area contributed by atoms with Crippen molar-refractivity contribution in [2.75, 3.05) is 17.2 Å². The first-order valence-corrected chi connectivity index (χ1v) is 6.69. The number of carbonyl (C=O) groups excluding carboxylic acids is 1. The molecule has 4 heteroatoms. The van der Waals surface area contributed by atoms with Gasteiger partial charge < -0.3 is 10.6 Å². The molecule has 2 N–H and O–H groups in total. The van der Waals surface area contributed by atoms with Crippen LogP contribution in [0.1, 0.15) is 28.4 Å². The van der Waals surface area contributed by atoms with Crippen LogP contribution < -0.4 is 10.6 Å². The van der Waals surface area contributed by atoms with Crippen LogP contribution in [0.2, 0.25) is 0 Å². The second-order valence-electron chi connectivity index (χ2n) is 4.70. The maximum atomic E-state index is 12.4. The number of aromatic nitrogens is 1. The number of amides is 1. The molecule has 2 aromatic rings. The smallest absolute Gasteiger partial charge is 0.258 e. The van der Waals surface area contributed by atoms with Gasteiger partial charge in [0.15, 0.2) is 0 Å². The summed E-state index contributed by atoms with van der Waals surface area (Å²) in [7, 11) is 0. The van der Waals surface area contributed by atoms with Crippen LogP contribution in [0.25, 0.3) is 0 Å². The van der Waals surface area contributed by atoms with Gasteiger partial charge in [-0.15, -0.1) is 0 Å². The average molecular weight is 269 g/mol. The predicted octanol–water partition coefficient (Wildman–Crippen LogP) is 3.38. The highest BCUT2D eigenvalue weighted by Gasteiger charge is 2.13. The van der Waals surface area contributed by atoms with Crippen LogP contribution in [-0.2, 0) is 0 Å². The van der Waals surface area contributed by atoms with Crippen LogP contribution in [0.4, 0.5) is 11.5 Å². The molecule has 0 saturated carbocycles. The molecule has 0 aliphatic rings. The molecule has 0 aliphatic carbocycles. The third kappa shape index (κ3) is 3.15. The highest BCUT2D eigenvalue weighted by atomic mass is 16.1. The first-order chi connectivity index (χ1) is 9.61. The summed E-state index contributed by atoms with van der Waals surface area (Å²) in [5.74, 6) is 0.452. The first-order valence-electron chi connectivity index (χ1n) is 6.69. The summed E-state index contributed by atoms with van der Waals surface area (Å²) < 4.78 is 0. The Morgan fingerprint density at radius 3 is 2.75 bits per heavy atom. The van der Waals surface area contributed by atoms with Crippen molar-refractivity contribution in [2.45, 2.75) is 20.8 Å². The molecule has 0 radical (unpaired) electrons. The molecule has 104 valence electrons. The Morgan fingerprint density at radius 2 is 2.05 bits per heavy atom. The number of hydrogen-bond donors (Lipinski definition) is 2. The number of carbonyl (C=O) groups is 1. The zero-order valence-electron chi connectivity index (χ0n) is 12.0. The molecule has 0 fully saturated rings. The van der Waals surface area contributed by atoms with E-state index in [2.05, 4.69) is 15.6 Å². The van der Waals surface area contributed by atoms with E-state index >= 15 is 0 Å². The molecular weight excluding hydrogens is 250 g/mol. The lowest BCUT2D eigenvalue weighted by Crippen LogP contribution is -2.16. The molecule has 1 aromatic heterocycles. The van der Waals surface area contributed by atoms with E-state index in [1.807, 2.05) is 51.1 Å². The lowest BCUT2D eigenvalue weighted by atomic mass is 10.1. The van der Waals surface area contributed by atoms with Gasteiger partial charge in [-0.25, -0.2) is 4.98 Å². The van der Waals surface area contributed by atoms with E-state index in [9.17, 15) is 4.79 Å². The van der Waals surface area contributed by atoms with E-state index in [-0.39, 0.29) is 5.91 Å². The van der Waals surface area contributed by atoms with Crippen LogP contribution in [0.3, 0.4) is 0 Å². The highest BCUT2D eigenvalue weighted by molar-refractivity contribution is 6.08. The summed E-state index contributed by atoms with van der Waals surface area (Å²) in [4.78, 5) is 16.6. The van der Waals surface area contributed by atoms with Crippen molar-refractivity contribution >= 4 is 17.4 Å². The summed E-state index contributed by atoms with van der Waals surface area (Å²) in [5.41, 5.74) is 3.47. The Labute approximate surface area is 119 Å². The number of hydrogen-bond acceptors (Lipinski definition) is 3. The Kier molecular flexibility index (Phi) is 4.35. The van der Waals surface area contributed by atoms with E-state index in [0.29, 0.717) is 11.4 Å². The monoisotopic (exact) mass is 269 g/mol. The molecule has 0 atom stereocenters. The van der Waals surface area contributed by atoms with E-state index in [1.54, 1.807) is 6.20 Å². The molecule has 1 heterocycles. The predicted molar refractivity (Wildman–Crippen MR) is 82.3 cm³/mol. The SMILES string of the molecule is CCNc1ccc(C)cc1C(=O)Nc1ncccc1C. The number of rotatable bonds is 4. The van der Waals surface area contributed by atoms with E-state index < -0.39 is 0 Å². The number of aryl methyl sites for hydroxylation is 2. The normalized spacial score (nSPS) is 10.2. The highest BCUT2D eigenvalue weighted by Crippen LogP contribution is 2.19. The summed E-state index contributed by atoms with van der Waals surface area (Å²) in [5, 5.41) is 6.07. The van der Waals surface area contributed by atoms with Gasteiger partial charge in [-0.2, -0.15) is 0 Å². The van der Waals surface area contributed by atoms with Gasteiger partial charge in [-0.3, -0.25) is 4.79 Å². The average Bonchev–Trinajstić information content (AvgIpc) is 2.43. The minimum atomic E-state index is -0.147. The van der Waals surface area contributed by atoms with Crippen LogP contribution in [0.15, 0.2) is 36.5 Å². The van der Waals surface area contributed by atoms with Gasteiger partial charge in [-0.1, -0.05) is 17.7 Å². The Balaban J connectivity index is 2.29. The summed E-state index contributed by atoms with van der Waals surface area (Å²) in [6.07, 6.45) is 1.67. The number of nitrogens with zero attached hydrogens (tertiary/aromatic N) is 1. The second kappa shape index (κ2) is 6.19. The van der Waals surface area contributed by atoms with Gasteiger partial charge >= 0.3 is 0 Å². The van der Waals surface area contributed by atoms with Gasteiger partial charge in [-0.05, 0) is 44.5 Å².